The van der Waals surface area contributed by atoms with Crippen LogP contribution < -0.4 is 4.72 Å². The number of sulfonamides is 1. The minimum absolute atomic E-state index is 0.0341. The zero-order chi connectivity index (χ0) is 14.6. The first kappa shape index (κ1) is 15.0. The molecule has 108 valence electrons. The van der Waals surface area contributed by atoms with E-state index in [1.165, 1.54) is 12.1 Å². The van der Waals surface area contributed by atoms with Crippen LogP contribution in [0.15, 0.2) is 29.2 Å². The SMILES string of the molecule is N#Cc1ccccc1S(=O)(=O)NC1CCC(CO)CC1. The molecule has 0 spiro atoms. The predicted molar refractivity (Wildman–Crippen MR) is 74.3 cm³/mol. The third kappa shape index (κ3) is 3.37. The van der Waals surface area contributed by atoms with Crippen LogP contribution >= 0.6 is 0 Å². The summed E-state index contributed by atoms with van der Waals surface area (Å²) in [7, 11) is -3.66. The highest BCUT2D eigenvalue weighted by Gasteiger charge is 2.26. The molecule has 1 aromatic rings. The monoisotopic (exact) mass is 294 g/mol. The fourth-order valence-corrected chi connectivity index (χ4v) is 4.00. The number of hydrogen-bond acceptors (Lipinski definition) is 4. The highest BCUT2D eigenvalue weighted by Crippen LogP contribution is 2.25. The Hall–Kier alpha value is -1.42. The van der Waals surface area contributed by atoms with Gasteiger partial charge in [0.1, 0.15) is 6.07 Å². The average Bonchev–Trinajstić information content (AvgIpc) is 2.47. The Morgan fingerprint density at radius 3 is 2.50 bits per heavy atom. The Labute approximate surface area is 119 Å². The van der Waals surface area contributed by atoms with Crippen molar-refractivity contribution in [1.82, 2.24) is 4.72 Å². The molecule has 0 unspecified atom stereocenters. The zero-order valence-corrected chi connectivity index (χ0v) is 11.9. The van der Waals surface area contributed by atoms with Gasteiger partial charge >= 0.3 is 0 Å². The van der Waals surface area contributed by atoms with E-state index in [1.54, 1.807) is 12.1 Å². The Bertz CT molecular complexity index is 599. The van der Waals surface area contributed by atoms with Crippen LogP contribution in [0.3, 0.4) is 0 Å². The van der Waals surface area contributed by atoms with Crippen LogP contribution in [0.5, 0.6) is 0 Å². The van der Waals surface area contributed by atoms with E-state index in [9.17, 15) is 8.42 Å². The number of hydrogen-bond donors (Lipinski definition) is 2. The maximum Gasteiger partial charge on any atom is 0.242 e. The van der Waals surface area contributed by atoms with Gasteiger partial charge in [-0.2, -0.15) is 5.26 Å². The molecule has 1 aromatic carbocycles. The predicted octanol–water partition coefficient (Wildman–Crippen LogP) is 1.39. The maximum atomic E-state index is 12.3. The molecular formula is C14H18N2O3S. The van der Waals surface area contributed by atoms with Crippen molar-refractivity contribution in [2.24, 2.45) is 5.92 Å². The number of aliphatic hydroxyl groups is 1. The number of aliphatic hydroxyl groups excluding tert-OH is 1. The molecule has 5 nitrogen and oxygen atoms in total. The van der Waals surface area contributed by atoms with E-state index in [4.69, 9.17) is 10.4 Å². The smallest absolute Gasteiger partial charge is 0.242 e. The summed E-state index contributed by atoms with van der Waals surface area (Å²) in [6, 6.07) is 7.98. The summed E-state index contributed by atoms with van der Waals surface area (Å²) in [5.74, 6) is 0.280. The van der Waals surface area contributed by atoms with Gasteiger partial charge in [0, 0.05) is 12.6 Å². The largest absolute Gasteiger partial charge is 0.396 e. The lowest BCUT2D eigenvalue weighted by molar-refractivity contribution is 0.180. The lowest BCUT2D eigenvalue weighted by Crippen LogP contribution is -2.38. The molecule has 0 atom stereocenters. The Kier molecular flexibility index (Phi) is 4.76. The summed E-state index contributed by atoms with van der Waals surface area (Å²) in [6.45, 7) is 0.163. The van der Waals surface area contributed by atoms with E-state index in [0.29, 0.717) is 0 Å². The topological polar surface area (TPSA) is 90.2 Å². The van der Waals surface area contributed by atoms with E-state index in [0.717, 1.165) is 25.7 Å². The Balaban J connectivity index is 2.11. The molecular weight excluding hydrogens is 276 g/mol. The van der Waals surface area contributed by atoms with Crippen molar-refractivity contribution in [2.75, 3.05) is 6.61 Å². The number of benzene rings is 1. The van der Waals surface area contributed by atoms with Gasteiger partial charge in [0.25, 0.3) is 0 Å². The van der Waals surface area contributed by atoms with Gasteiger partial charge in [-0.05, 0) is 43.7 Å². The third-order valence-electron chi connectivity index (χ3n) is 3.72. The summed E-state index contributed by atoms with van der Waals surface area (Å²) < 4.78 is 27.3. The fourth-order valence-electron chi connectivity index (χ4n) is 2.54. The Morgan fingerprint density at radius 2 is 1.90 bits per heavy atom. The van der Waals surface area contributed by atoms with Crippen LogP contribution in [0.4, 0.5) is 0 Å². The fraction of sp³-hybridized carbons (Fsp3) is 0.500. The highest BCUT2D eigenvalue weighted by atomic mass is 32.2. The normalized spacial score (nSPS) is 23.2. The van der Waals surface area contributed by atoms with Crippen LogP contribution in [0.1, 0.15) is 31.2 Å². The lowest BCUT2D eigenvalue weighted by Gasteiger charge is -2.27. The van der Waals surface area contributed by atoms with Gasteiger partial charge < -0.3 is 5.11 Å². The standard InChI is InChI=1S/C14H18N2O3S/c15-9-12-3-1-2-4-14(12)20(18,19)16-13-7-5-11(10-17)6-8-13/h1-4,11,13,16-17H,5-8,10H2. The molecule has 0 radical (unpaired) electrons. The molecule has 2 N–H and O–H groups in total. The quantitative estimate of drug-likeness (QED) is 0.878. The number of nitrogens with one attached hydrogen (secondary N) is 1. The van der Waals surface area contributed by atoms with Crippen molar-refractivity contribution in [3.63, 3.8) is 0 Å². The molecule has 1 saturated carbocycles. The van der Waals surface area contributed by atoms with Crippen molar-refractivity contribution in [3.8, 4) is 6.07 Å². The van der Waals surface area contributed by atoms with E-state index in [1.807, 2.05) is 6.07 Å². The second-order valence-corrected chi connectivity index (χ2v) is 6.81. The molecule has 1 aliphatic rings. The first-order chi connectivity index (χ1) is 9.56. The summed E-state index contributed by atoms with van der Waals surface area (Å²) in [5, 5.41) is 18.1. The highest BCUT2D eigenvalue weighted by molar-refractivity contribution is 7.89. The van der Waals surface area contributed by atoms with Gasteiger partial charge in [0.05, 0.1) is 10.5 Å². The average molecular weight is 294 g/mol. The van der Waals surface area contributed by atoms with Gasteiger partial charge in [0.15, 0.2) is 0 Å². The van der Waals surface area contributed by atoms with Gasteiger partial charge in [-0.25, -0.2) is 13.1 Å². The number of rotatable bonds is 4. The minimum atomic E-state index is -3.66. The summed E-state index contributed by atoms with van der Waals surface area (Å²) in [4.78, 5) is 0.0341. The number of nitrogens with zero attached hydrogens (tertiary/aromatic N) is 1. The molecule has 0 bridgehead atoms. The first-order valence-electron chi connectivity index (χ1n) is 6.69. The molecule has 0 amide bonds. The summed E-state index contributed by atoms with van der Waals surface area (Å²) >= 11 is 0. The zero-order valence-electron chi connectivity index (χ0n) is 11.1. The van der Waals surface area contributed by atoms with Crippen molar-refractivity contribution >= 4 is 10.0 Å². The molecule has 0 saturated heterocycles. The molecule has 6 heteroatoms. The first-order valence-corrected chi connectivity index (χ1v) is 8.17. The Morgan fingerprint density at radius 1 is 1.25 bits per heavy atom. The second kappa shape index (κ2) is 6.35. The van der Waals surface area contributed by atoms with Crippen molar-refractivity contribution in [3.05, 3.63) is 29.8 Å². The van der Waals surface area contributed by atoms with Gasteiger partial charge in [-0.3, -0.25) is 0 Å². The second-order valence-electron chi connectivity index (χ2n) is 5.13. The van der Waals surface area contributed by atoms with Crippen LogP contribution in [-0.4, -0.2) is 26.2 Å². The molecule has 2 rings (SSSR count). The summed E-state index contributed by atoms with van der Waals surface area (Å²) in [5.41, 5.74) is 0.157. The molecule has 20 heavy (non-hydrogen) atoms. The minimum Gasteiger partial charge on any atom is -0.396 e. The maximum absolute atomic E-state index is 12.3. The van der Waals surface area contributed by atoms with E-state index < -0.39 is 10.0 Å². The molecule has 1 fully saturated rings. The van der Waals surface area contributed by atoms with Crippen LogP contribution in [0.2, 0.25) is 0 Å². The van der Waals surface area contributed by atoms with E-state index in [-0.39, 0.29) is 29.0 Å². The van der Waals surface area contributed by atoms with E-state index >= 15 is 0 Å². The van der Waals surface area contributed by atoms with E-state index in [2.05, 4.69) is 4.72 Å². The van der Waals surface area contributed by atoms with Gasteiger partial charge in [-0.15, -0.1) is 0 Å². The summed E-state index contributed by atoms with van der Waals surface area (Å²) in [6.07, 6.45) is 3.09. The van der Waals surface area contributed by atoms with Crippen LogP contribution in [0, 0.1) is 17.2 Å². The van der Waals surface area contributed by atoms with Crippen LogP contribution in [0.25, 0.3) is 0 Å². The molecule has 0 aliphatic heterocycles. The van der Waals surface area contributed by atoms with Gasteiger partial charge in [0.2, 0.25) is 10.0 Å². The van der Waals surface area contributed by atoms with Crippen molar-refractivity contribution in [1.29, 1.82) is 5.26 Å². The molecule has 0 aromatic heterocycles. The molecule has 1 aliphatic carbocycles. The number of nitriles is 1. The molecule has 0 heterocycles. The third-order valence-corrected chi connectivity index (χ3v) is 5.30. The van der Waals surface area contributed by atoms with Crippen molar-refractivity contribution < 1.29 is 13.5 Å². The lowest BCUT2D eigenvalue weighted by atomic mass is 9.87. The van der Waals surface area contributed by atoms with Gasteiger partial charge in [-0.1, -0.05) is 12.1 Å². The van der Waals surface area contributed by atoms with Crippen LogP contribution in [-0.2, 0) is 10.0 Å². The van der Waals surface area contributed by atoms with Crippen molar-refractivity contribution in [2.45, 2.75) is 36.6 Å².